The van der Waals surface area contributed by atoms with Gasteiger partial charge in [0.15, 0.2) is 11.6 Å². The van der Waals surface area contributed by atoms with Gasteiger partial charge in [-0.3, -0.25) is 4.79 Å². The van der Waals surface area contributed by atoms with Gasteiger partial charge in [0.05, 0.1) is 26.4 Å². The normalized spacial score (nSPS) is 20.9. The predicted octanol–water partition coefficient (Wildman–Crippen LogP) is 3.95. The fourth-order valence-electron chi connectivity index (χ4n) is 4.58. The number of carbonyl (C=O) groups excluding carboxylic acids is 1. The number of nitrogens with zero attached hydrogens (tertiary/aromatic N) is 5. The SMILES string of the molecule is C=CC[C@]1(C(=O)N2CCOCC2)N=C(c2ccc(OCCCO)cc2)O[C@H]1c1ccccc1CN=[N+]=[N-]. The molecule has 1 amide bonds. The highest BCUT2D eigenvalue weighted by Gasteiger charge is 2.54. The van der Waals surface area contributed by atoms with Crippen molar-refractivity contribution in [3.63, 3.8) is 0 Å². The Morgan fingerprint density at radius 3 is 2.73 bits per heavy atom. The fraction of sp³-hybridized carbons (Fsp3) is 0.407. The fourth-order valence-corrected chi connectivity index (χ4v) is 4.58. The average molecular weight is 506 g/mol. The number of ether oxygens (including phenoxy) is 3. The Morgan fingerprint density at radius 1 is 1.27 bits per heavy atom. The Bertz CT molecular complexity index is 1170. The van der Waals surface area contributed by atoms with Crippen LogP contribution in [0.15, 0.2) is 71.3 Å². The van der Waals surface area contributed by atoms with E-state index >= 15 is 0 Å². The lowest BCUT2D eigenvalue weighted by Gasteiger charge is -2.37. The maximum atomic E-state index is 14.1. The molecule has 4 rings (SSSR count). The molecule has 2 atom stereocenters. The summed E-state index contributed by atoms with van der Waals surface area (Å²) in [5, 5.41) is 12.7. The molecule has 2 aliphatic heterocycles. The Morgan fingerprint density at radius 2 is 2.03 bits per heavy atom. The maximum absolute atomic E-state index is 14.1. The number of aliphatic hydroxyl groups is 1. The van der Waals surface area contributed by atoms with Gasteiger partial charge in [-0.2, -0.15) is 0 Å². The number of hydrogen-bond donors (Lipinski definition) is 1. The molecule has 2 aliphatic rings. The lowest BCUT2D eigenvalue weighted by molar-refractivity contribution is -0.143. The molecule has 10 heteroatoms. The molecular formula is C27H31N5O5. The number of hydrogen-bond acceptors (Lipinski definition) is 7. The average Bonchev–Trinajstić information content (AvgIpc) is 3.33. The van der Waals surface area contributed by atoms with Crippen LogP contribution in [0, 0.1) is 0 Å². The van der Waals surface area contributed by atoms with Crippen LogP contribution in [0.3, 0.4) is 0 Å². The largest absolute Gasteiger partial charge is 0.494 e. The van der Waals surface area contributed by atoms with E-state index in [4.69, 9.17) is 29.8 Å². The van der Waals surface area contributed by atoms with Crippen LogP contribution in [0.2, 0.25) is 0 Å². The smallest absolute Gasteiger partial charge is 0.255 e. The van der Waals surface area contributed by atoms with Crippen molar-refractivity contribution in [3.8, 4) is 5.75 Å². The minimum Gasteiger partial charge on any atom is -0.494 e. The monoisotopic (exact) mass is 505 g/mol. The van der Waals surface area contributed by atoms with Gasteiger partial charge in [0.1, 0.15) is 5.75 Å². The third-order valence-electron chi connectivity index (χ3n) is 6.40. The van der Waals surface area contributed by atoms with Crippen molar-refractivity contribution in [2.24, 2.45) is 10.1 Å². The standard InChI is InChI=1S/C27H31N5O5/c1-2-12-27(26(34)32-13-17-35-18-14-32)24(23-7-4-3-6-21(23)19-29-31-28)37-25(30-27)20-8-10-22(11-9-20)36-16-5-15-33/h2-4,6-11,24,33H,1,5,12-19H2/t24-,27-/m0/s1. The van der Waals surface area contributed by atoms with Gasteiger partial charge in [-0.1, -0.05) is 35.5 Å². The van der Waals surface area contributed by atoms with Crippen molar-refractivity contribution < 1.29 is 24.1 Å². The van der Waals surface area contributed by atoms with E-state index in [0.717, 1.165) is 11.1 Å². The number of aliphatic hydroxyl groups excluding tert-OH is 1. The number of benzene rings is 2. The topological polar surface area (TPSA) is 129 Å². The van der Waals surface area contributed by atoms with Gasteiger partial charge < -0.3 is 24.2 Å². The van der Waals surface area contributed by atoms with Crippen molar-refractivity contribution in [2.75, 3.05) is 39.5 Å². The van der Waals surface area contributed by atoms with E-state index in [2.05, 4.69) is 16.6 Å². The first-order valence-corrected chi connectivity index (χ1v) is 12.3. The highest BCUT2D eigenvalue weighted by atomic mass is 16.5. The minimum atomic E-state index is -1.28. The quantitative estimate of drug-likeness (QED) is 0.163. The molecule has 10 nitrogen and oxygen atoms in total. The van der Waals surface area contributed by atoms with Crippen LogP contribution in [-0.4, -0.2) is 66.9 Å². The van der Waals surface area contributed by atoms with Crippen LogP contribution in [-0.2, 0) is 20.8 Å². The van der Waals surface area contributed by atoms with Gasteiger partial charge >= 0.3 is 0 Å². The zero-order valence-corrected chi connectivity index (χ0v) is 20.7. The van der Waals surface area contributed by atoms with E-state index in [9.17, 15) is 4.79 Å². The molecule has 2 aromatic rings. The van der Waals surface area contributed by atoms with Crippen molar-refractivity contribution in [1.82, 2.24) is 4.90 Å². The van der Waals surface area contributed by atoms with E-state index in [-0.39, 0.29) is 25.5 Å². The van der Waals surface area contributed by atoms with E-state index in [1.807, 2.05) is 36.4 Å². The van der Waals surface area contributed by atoms with Gasteiger partial charge in [-0.15, -0.1) is 6.58 Å². The van der Waals surface area contributed by atoms with Gasteiger partial charge in [0.25, 0.3) is 5.91 Å². The summed E-state index contributed by atoms with van der Waals surface area (Å²) >= 11 is 0. The summed E-state index contributed by atoms with van der Waals surface area (Å²) in [5.41, 5.74) is 9.83. The molecule has 0 aliphatic carbocycles. The molecule has 0 spiro atoms. The Kier molecular flexibility index (Phi) is 8.79. The second kappa shape index (κ2) is 12.4. The number of rotatable bonds is 11. The van der Waals surface area contributed by atoms with Crippen LogP contribution in [0.5, 0.6) is 5.75 Å². The van der Waals surface area contributed by atoms with Crippen LogP contribution in [0.25, 0.3) is 10.4 Å². The van der Waals surface area contributed by atoms with Crippen LogP contribution >= 0.6 is 0 Å². The molecule has 194 valence electrons. The molecule has 0 radical (unpaired) electrons. The Balaban J connectivity index is 1.75. The third-order valence-corrected chi connectivity index (χ3v) is 6.40. The molecule has 0 aromatic heterocycles. The van der Waals surface area contributed by atoms with E-state index in [1.54, 1.807) is 23.1 Å². The molecule has 0 bridgehead atoms. The lowest BCUT2D eigenvalue weighted by atomic mass is 9.82. The molecule has 0 unspecified atom stereocenters. The first-order chi connectivity index (χ1) is 18.1. The molecule has 1 saturated heterocycles. The lowest BCUT2D eigenvalue weighted by Crippen LogP contribution is -2.53. The number of morpholine rings is 1. The maximum Gasteiger partial charge on any atom is 0.255 e. The van der Waals surface area contributed by atoms with Crippen LogP contribution in [0.1, 0.15) is 35.6 Å². The number of amides is 1. The Hall–Kier alpha value is -3.85. The van der Waals surface area contributed by atoms with Crippen molar-refractivity contribution in [2.45, 2.75) is 31.0 Å². The third kappa shape index (κ3) is 5.77. The zero-order valence-electron chi connectivity index (χ0n) is 20.7. The van der Waals surface area contributed by atoms with E-state index in [0.29, 0.717) is 56.5 Å². The summed E-state index contributed by atoms with van der Waals surface area (Å²) in [5.74, 6) is 0.848. The second-order valence-electron chi connectivity index (χ2n) is 8.77. The molecule has 1 fully saturated rings. The molecule has 0 saturated carbocycles. The van der Waals surface area contributed by atoms with Crippen LogP contribution in [0.4, 0.5) is 0 Å². The first-order valence-electron chi connectivity index (χ1n) is 12.3. The van der Waals surface area contributed by atoms with Crippen molar-refractivity contribution in [3.05, 3.63) is 88.3 Å². The molecular weight excluding hydrogens is 474 g/mol. The second-order valence-corrected chi connectivity index (χ2v) is 8.77. The summed E-state index contributed by atoms with van der Waals surface area (Å²) in [7, 11) is 0. The highest BCUT2D eigenvalue weighted by molar-refractivity contribution is 6.01. The van der Waals surface area contributed by atoms with E-state index < -0.39 is 11.6 Å². The predicted molar refractivity (Wildman–Crippen MR) is 138 cm³/mol. The number of aliphatic imine (C=N–C) groups is 1. The van der Waals surface area contributed by atoms with Crippen molar-refractivity contribution in [1.29, 1.82) is 0 Å². The zero-order chi connectivity index (χ0) is 26.1. The van der Waals surface area contributed by atoms with Gasteiger partial charge in [0.2, 0.25) is 5.90 Å². The summed E-state index contributed by atoms with van der Waals surface area (Å²) in [6.07, 6.45) is 1.74. The van der Waals surface area contributed by atoms with Gasteiger partial charge in [0, 0.05) is 43.0 Å². The van der Waals surface area contributed by atoms with Gasteiger partial charge in [-0.05, 0) is 40.9 Å². The molecule has 2 aromatic carbocycles. The van der Waals surface area contributed by atoms with E-state index in [1.165, 1.54) is 0 Å². The molecule has 2 heterocycles. The first kappa shape index (κ1) is 26.2. The summed E-state index contributed by atoms with van der Waals surface area (Å²) in [4.78, 5) is 23.7. The summed E-state index contributed by atoms with van der Waals surface area (Å²) in [6.45, 7) is 6.38. The minimum absolute atomic E-state index is 0.0633. The number of carbonyl (C=O) groups is 1. The highest BCUT2D eigenvalue weighted by Crippen LogP contribution is 2.45. The number of azide groups is 1. The Labute approximate surface area is 215 Å². The molecule has 1 N–H and O–H groups in total. The summed E-state index contributed by atoms with van der Waals surface area (Å²) < 4.78 is 17.6. The van der Waals surface area contributed by atoms with Gasteiger partial charge in [-0.25, -0.2) is 4.99 Å². The molecule has 37 heavy (non-hydrogen) atoms. The van der Waals surface area contributed by atoms with Crippen molar-refractivity contribution >= 4 is 11.8 Å². The summed E-state index contributed by atoms with van der Waals surface area (Å²) in [6, 6.07) is 14.7. The van der Waals surface area contributed by atoms with Crippen LogP contribution < -0.4 is 4.74 Å².